The van der Waals surface area contributed by atoms with Crippen LogP contribution in [0.1, 0.15) is 47.4 Å². The zero-order valence-electron chi connectivity index (χ0n) is 21.5. The summed E-state index contributed by atoms with van der Waals surface area (Å²) >= 11 is 0. The van der Waals surface area contributed by atoms with E-state index in [0.717, 1.165) is 19.0 Å². The van der Waals surface area contributed by atoms with Gasteiger partial charge in [-0.1, -0.05) is 19.1 Å². The number of hydrogen-bond acceptors (Lipinski definition) is 5. The van der Waals surface area contributed by atoms with E-state index in [1.165, 1.54) is 31.0 Å². The number of likely N-dealkylation sites (N-methyl/N-ethyl adjacent to an activating group) is 1. The topological polar surface area (TPSA) is 71.1 Å². The van der Waals surface area contributed by atoms with Crippen LogP contribution < -0.4 is 10.1 Å². The minimum absolute atomic E-state index is 0.0635. The molecule has 0 unspecified atom stereocenters. The number of hydrogen-bond donors (Lipinski definition) is 1. The van der Waals surface area contributed by atoms with Crippen molar-refractivity contribution in [2.24, 2.45) is 11.8 Å². The molecule has 2 aromatic carbocycles. The highest BCUT2D eigenvalue weighted by Crippen LogP contribution is 2.32. The van der Waals surface area contributed by atoms with E-state index in [2.05, 4.69) is 24.1 Å². The molecular weight excluding hydrogens is 461 g/mol. The van der Waals surface area contributed by atoms with Crippen LogP contribution in [0.4, 0.5) is 10.1 Å². The number of nitrogens with zero attached hydrogens (tertiary/aromatic N) is 2. The van der Waals surface area contributed by atoms with Gasteiger partial charge in [0, 0.05) is 45.5 Å². The molecule has 8 heteroatoms. The maximum atomic E-state index is 14.1. The molecule has 1 fully saturated rings. The Balaban J connectivity index is 1.61. The Morgan fingerprint density at radius 2 is 1.92 bits per heavy atom. The van der Waals surface area contributed by atoms with Gasteiger partial charge in [-0.3, -0.25) is 14.5 Å². The van der Waals surface area contributed by atoms with Crippen LogP contribution >= 0.6 is 0 Å². The Morgan fingerprint density at radius 1 is 1.17 bits per heavy atom. The molecule has 2 aliphatic rings. The molecule has 2 amide bonds. The minimum Gasteiger partial charge on any atom is -0.491 e. The fourth-order valence-electron chi connectivity index (χ4n) is 4.66. The Bertz CT molecular complexity index is 1090. The van der Waals surface area contributed by atoms with Gasteiger partial charge in [-0.15, -0.1) is 0 Å². The minimum atomic E-state index is -0.607. The van der Waals surface area contributed by atoms with Crippen LogP contribution in [0.25, 0.3) is 0 Å². The molecule has 1 N–H and O–H groups in total. The number of rotatable bonds is 5. The van der Waals surface area contributed by atoms with Crippen LogP contribution in [-0.2, 0) is 4.74 Å². The second-order valence-corrected chi connectivity index (χ2v) is 10.1. The van der Waals surface area contributed by atoms with Crippen LogP contribution in [0.15, 0.2) is 42.5 Å². The highest BCUT2D eigenvalue weighted by molar-refractivity contribution is 6.05. The van der Waals surface area contributed by atoms with Gasteiger partial charge >= 0.3 is 0 Å². The summed E-state index contributed by atoms with van der Waals surface area (Å²) in [6.07, 6.45) is 2.42. The zero-order chi connectivity index (χ0) is 25.8. The van der Waals surface area contributed by atoms with E-state index >= 15 is 0 Å². The fourth-order valence-corrected chi connectivity index (χ4v) is 4.66. The van der Waals surface area contributed by atoms with Crippen LogP contribution in [0.5, 0.6) is 5.75 Å². The van der Waals surface area contributed by atoms with Crippen LogP contribution in [0.3, 0.4) is 0 Å². The number of anilines is 1. The first-order valence-corrected chi connectivity index (χ1v) is 12.6. The number of fused-ring (bicyclic) bond motifs is 1. The summed E-state index contributed by atoms with van der Waals surface area (Å²) in [5, 5.41) is 2.70. The van der Waals surface area contributed by atoms with Gasteiger partial charge < -0.3 is 19.7 Å². The lowest BCUT2D eigenvalue weighted by Gasteiger charge is -2.36. The molecule has 3 atom stereocenters. The monoisotopic (exact) mass is 497 g/mol. The summed E-state index contributed by atoms with van der Waals surface area (Å²) in [5.74, 6) is -0.00579. The Morgan fingerprint density at radius 3 is 2.61 bits per heavy atom. The predicted octanol–water partition coefficient (Wildman–Crippen LogP) is 4.29. The van der Waals surface area contributed by atoms with Gasteiger partial charge in [0.25, 0.3) is 11.8 Å². The van der Waals surface area contributed by atoms with Gasteiger partial charge in [0.1, 0.15) is 18.2 Å². The number of carbonyl (C=O) groups excluding carboxylic acids is 2. The van der Waals surface area contributed by atoms with E-state index in [-0.39, 0.29) is 29.5 Å². The van der Waals surface area contributed by atoms with Gasteiger partial charge in [-0.25, -0.2) is 4.39 Å². The molecule has 0 spiro atoms. The smallest absolute Gasteiger partial charge is 0.258 e. The molecule has 4 rings (SSSR count). The van der Waals surface area contributed by atoms with Crippen molar-refractivity contribution in [1.29, 1.82) is 0 Å². The van der Waals surface area contributed by atoms with Crippen molar-refractivity contribution in [1.82, 2.24) is 9.80 Å². The lowest BCUT2D eigenvalue weighted by molar-refractivity contribution is 0.00994. The quantitative estimate of drug-likeness (QED) is 0.667. The Kier molecular flexibility index (Phi) is 8.26. The van der Waals surface area contributed by atoms with Crippen molar-refractivity contribution < 1.29 is 23.5 Å². The van der Waals surface area contributed by atoms with Crippen molar-refractivity contribution in [2.45, 2.75) is 38.8 Å². The molecule has 2 aromatic rings. The first-order valence-electron chi connectivity index (χ1n) is 12.6. The largest absolute Gasteiger partial charge is 0.491 e. The number of carbonyl (C=O) groups is 2. The molecule has 1 heterocycles. The van der Waals surface area contributed by atoms with Gasteiger partial charge in [-0.05, 0) is 61.9 Å². The third kappa shape index (κ3) is 6.23. The van der Waals surface area contributed by atoms with Gasteiger partial charge in [0.15, 0.2) is 0 Å². The molecule has 0 radical (unpaired) electrons. The van der Waals surface area contributed by atoms with E-state index in [0.29, 0.717) is 30.2 Å². The highest BCUT2D eigenvalue weighted by atomic mass is 19.1. The van der Waals surface area contributed by atoms with Gasteiger partial charge in [-0.2, -0.15) is 0 Å². The Labute approximate surface area is 212 Å². The van der Waals surface area contributed by atoms with Crippen LogP contribution in [0.2, 0.25) is 0 Å². The number of nitrogens with one attached hydrogen (secondary N) is 1. The normalized spacial score (nSPS) is 23.8. The molecule has 0 aromatic heterocycles. The summed E-state index contributed by atoms with van der Waals surface area (Å²) in [5.41, 5.74) is 0.666. The molecule has 1 aliphatic carbocycles. The third-order valence-corrected chi connectivity index (χ3v) is 7.14. The predicted molar refractivity (Wildman–Crippen MR) is 137 cm³/mol. The SMILES string of the molecule is CO[C@@H]1CN(C)C(=O)c2cc(NC(=O)c3ccccc3F)ccc2OC[C@H](C)N(CC2CC2)C[C@@H]1C. The van der Waals surface area contributed by atoms with E-state index < -0.39 is 11.7 Å². The average molecular weight is 498 g/mol. The van der Waals surface area contributed by atoms with E-state index in [1.54, 1.807) is 43.3 Å². The molecular formula is C28H36FN3O4. The van der Waals surface area contributed by atoms with Crippen LogP contribution in [-0.4, -0.2) is 74.2 Å². The van der Waals surface area contributed by atoms with Crippen molar-refractivity contribution >= 4 is 17.5 Å². The van der Waals surface area contributed by atoms with Gasteiger partial charge in [0.2, 0.25) is 0 Å². The number of methoxy groups -OCH3 is 1. The molecule has 0 saturated heterocycles. The van der Waals surface area contributed by atoms with Crippen molar-refractivity contribution in [3.8, 4) is 5.75 Å². The molecule has 36 heavy (non-hydrogen) atoms. The summed E-state index contributed by atoms with van der Waals surface area (Å²) in [4.78, 5) is 30.2. The standard InChI is InChI=1S/C28H36FN3O4/c1-18-14-32(15-20-9-10-20)19(2)17-36-25-12-11-21(30-27(33)22-7-5-6-8-24(22)29)13-23(25)28(34)31(3)16-26(18)35-4/h5-8,11-13,18-20,26H,9-10,14-17H2,1-4H3,(H,30,33)/t18-,19-,26+/m0/s1. The number of ether oxygens (including phenoxy) is 2. The second-order valence-electron chi connectivity index (χ2n) is 10.1. The first-order chi connectivity index (χ1) is 17.3. The lowest BCUT2D eigenvalue weighted by Crippen LogP contribution is -2.47. The fraction of sp³-hybridized carbons (Fsp3) is 0.500. The molecule has 7 nitrogen and oxygen atoms in total. The summed E-state index contributed by atoms with van der Waals surface area (Å²) < 4.78 is 26.1. The molecule has 1 aliphatic heterocycles. The molecule has 194 valence electrons. The summed E-state index contributed by atoms with van der Waals surface area (Å²) in [6.45, 7) is 7.08. The Hall–Kier alpha value is -2.97. The molecule has 1 saturated carbocycles. The summed E-state index contributed by atoms with van der Waals surface area (Å²) in [7, 11) is 3.43. The zero-order valence-corrected chi connectivity index (χ0v) is 21.5. The third-order valence-electron chi connectivity index (χ3n) is 7.14. The maximum absolute atomic E-state index is 14.1. The van der Waals surface area contributed by atoms with E-state index in [4.69, 9.17) is 9.47 Å². The number of halogens is 1. The number of benzene rings is 2. The van der Waals surface area contributed by atoms with Crippen molar-refractivity contribution in [2.75, 3.05) is 45.7 Å². The average Bonchev–Trinajstić information content (AvgIpc) is 3.69. The molecule has 0 bridgehead atoms. The summed E-state index contributed by atoms with van der Waals surface area (Å²) in [6, 6.07) is 10.9. The van der Waals surface area contributed by atoms with Crippen molar-refractivity contribution in [3.05, 3.63) is 59.4 Å². The van der Waals surface area contributed by atoms with E-state index in [9.17, 15) is 14.0 Å². The second kappa shape index (κ2) is 11.4. The van der Waals surface area contributed by atoms with Gasteiger partial charge in [0.05, 0.1) is 17.2 Å². The highest BCUT2D eigenvalue weighted by Gasteiger charge is 2.31. The maximum Gasteiger partial charge on any atom is 0.258 e. The van der Waals surface area contributed by atoms with Crippen LogP contribution in [0, 0.1) is 17.7 Å². The first kappa shape index (κ1) is 26.1. The lowest BCUT2D eigenvalue weighted by atomic mass is 10.0. The van der Waals surface area contributed by atoms with E-state index in [1.807, 2.05) is 0 Å². The van der Waals surface area contributed by atoms with Crippen molar-refractivity contribution in [3.63, 3.8) is 0 Å². The number of amides is 2.